The van der Waals surface area contributed by atoms with E-state index in [-0.39, 0.29) is 11.7 Å². The monoisotopic (exact) mass is 364 g/mol. The van der Waals surface area contributed by atoms with Crippen LogP contribution < -0.4 is 10.1 Å². The van der Waals surface area contributed by atoms with Crippen molar-refractivity contribution in [2.24, 2.45) is 0 Å². The topological polar surface area (TPSA) is 51.2 Å². The van der Waals surface area contributed by atoms with E-state index < -0.39 is 5.92 Å². The number of amides is 1. The van der Waals surface area contributed by atoms with E-state index in [1.54, 1.807) is 31.6 Å². The normalized spacial score (nSPS) is 11.7. The molecule has 1 amide bonds. The van der Waals surface area contributed by atoms with E-state index in [1.165, 1.54) is 12.1 Å². The third kappa shape index (κ3) is 4.70. The highest BCUT2D eigenvalue weighted by molar-refractivity contribution is 5.97. The zero-order valence-electron chi connectivity index (χ0n) is 15.3. The lowest BCUT2D eigenvalue weighted by atomic mass is 9.91. The Bertz CT molecular complexity index is 911. The van der Waals surface area contributed by atoms with Gasteiger partial charge in [0, 0.05) is 12.4 Å². The summed E-state index contributed by atoms with van der Waals surface area (Å²) in [4.78, 5) is 17.2. The Morgan fingerprint density at radius 1 is 1.19 bits per heavy atom. The number of aryl methyl sites for hydroxylation is 1. The second kappa shape index (κ2) is 8.45. The first-order chi connectivity index (χ1) is 13.1. The van der Waals surface area contributed by atoms with Gasteiger partial charge in [-0.05, 0) is 60.4 Å². The van der Waals surface area contributed by atoms with Crippen LogP contribution in [0, 0.1) is 12.7 Å². The number of nitrogens with zero attached hydrogens (tertiary/aromatic N) is 1. The highest BCUT2D eigenvalue weighted by Crippen LogP contribution is 2.28. The SMILES string of the molecule is COc1ccc(C)cc1NC(=O)C(Cc1cccnc1)c1ccc(F)cc1. The average Bonchev–Trinajstić information content (AvgIpc) is 2.68. The van der Waals surface area contributed by atoms with Crippen LogP contribution >= 0.6 is 0 Å². The van der Waals surface area contributed by atoms with Gasteiger partial charge >= 0.3 is 0 Å². The molecule has 1 heterocycles. The minimum absolute atomic E-state index is 0.186. The molecule has 3 rings (SSSR count). The van der Waals surface area contributed by atoms with Crippen LogP contribution in [-0.4, -0.2) is 18.0 Å². The largest absolute Gasteiger partial charge is 0.495 e. The van der Waals surface area contributed by atoms with E-state index in [2.05, 4.69) is 10.3 Å². The van der Waals surface area contributed by atoms with Gasteiger partial charge in [-0.25, -0.2) is 4.39 Å². The first-order valence-electron chi connectivity index (χ1n) is 8.66. The molecule has 0 aliphatic carbocycles. The van der Waals surface area contributed by atoms with Gasteiger partial charge < -0.3 is 10.1 Å². The molecule has 0 spiro atoms. The zero-order valence-corrected chi connectivity index (χ0v) is 15.3. The molecule has 1 unspecified atom stereocenters. The fraction of sp³-hybridized carbons (Fsp3) is 0.182. The van der Waals surface area contributed by atoms with Gasteiger partial charge in [-0.1, -0.05) is 24.3 Å². The number of carbonyl (C=O) groups excluding carboxylic acids is 1. The van der Waals surface area contributed by atoms with Crippen molar-refractivity contribution in [1.82, 2.24) is 4.98 Å². The Hall–Kier alpha value is -3.21. The molecule has 4 nitrogen and oxygen atoms in total. The summed E-state index contributed by atoms with van der Waals surface area (Å²) >= 11 is 0. The number of hydrogen-bond donors (Lipinski definition) is 1. The molecule has 0 saturated heterocycles. The average molecular weight is 364 g/mol. The van der Waals surface area contributed by atoms with Crippen molar-refractivity contribution in [3.05, 3.63) is 89.5 Å². The molecule has 1 N–H and O–H groups in total. The molecule has 0 aliphatic rings. The lowest BCUT2D eigenvalue weighted by Crippen LogP contribution is -2.23. The number of anilines is 1. The van der Waals surface area contributed by atoms with Gasteiger partial charge in [0.2, 0.25) is 5.91 Å². The maximum atomic E-state index is 13.3. The predicted octanol–water partition coefficient (Wildman–Crippen LogP) is 4.50. The summed E-state index contributed by atoms with van der Waals surface area (Å²) in [5.74, 6) is -0.415. The first kappa shape index (κ1) is 18.6. The van der Waals surface area contributed by atoms with Gasteiger partial charge in [-0.15, -0.1) is 0 Å². The Morgan fingerprint density at radius 3 is 2.63 bits per heavy atom. The van der Waals surface area contributed by atoms with Crippen molar-refractivity contribution in [2.75, 3.05) is 12.4 Å². The van der Waals surface area contributed by atoms with E-state index in [9.17, 15) is 9.18 Å². The van der Waals surface area contributed by atoms with Crippen molar-refractivity contribution in [3.8, 4) is 5.75 Å². The number of aromatic nitrogens is 1. The Balaban J connectivity index is 1.91. The standard InChI is InChI=1S/C22H21FN2O2/c1-15-5-10-21(27-2)20(12-15)25-22(26)19(13-16-4-3-11-24-14-16)17-6-8-18(23)9-7-17/h3-12,14,19H,13H2,1-2H3,(H,25,26). The number of methoxy groups -OCH3 is 1. The summed E-state index contributed by atoms with van der Waals surface area (Å²) in [6, 6.07) is 15.4. The molecule has 0 fully saturated rings. The minimum Gasteiger partial charge on any atom is -0.495 e. The van der Waals surface area contributed by atoms with Crippen LogP contribution in [0.1, 0.15) is 22.6 Å². The van der Waals surface area contributed by atoms with Crippen molar-refractivity contribution in [3.63, 3.8) is 0 Å². The van der Waals surface area contributed by atoms with E-state index >= 15 is 0 Å². The van der Waals surface area contributed by atoms with Crippen LogP contribution in [0.5, 0.6) is 5.75 Å². The Kier molecular flexibility index (Phi) is 5.81. The lowest BCUT2D eigenvalue weighted by Gasteiger charge is -2.19. The predicted molar refractivity (Wildman–Crippen MR) is 103 cm³/mol. The zero-order chi connectivity index (χ0) is 19.2. The molecule has 1 atom stereocenters. The molecule has 3 aromatic rings. The van der Waals surface area contributed by atoms with Crippen LogP contribution in [0.2, 0.25) is 0 Å². The first-order valence-corrected chi connectivity index (χ1v) is 8.66. The van der Waals surface area contributed by atoms with E-state index in [0.717, 1.165) is 16.7 Å². The third-order valence-electron chi connectivity index (χ3n) is 4.36. The molecular weight excluding hydrogens is 343 g/mol. The van der Waals surface area contributed by atoms with Crippen LogP contribution in [-0.2, 0) is 11.2 Å². The van der Waals surface area contributed by atoms with Crippen LogP contribution in [0.25, 0.3) is 0 Å². The van der Waals surface area contributed by atoms with Crippen LogP contribution in [0.3, 0.4) is 0 Å². The molecule has 0 saturated carbocycles. The highest BCUT2D eigenvalue weighted by atomic mass is 19.1. The Labute approximate surface area is 158 Å². The maximum absolute atomic E-state index is 13.3. The van der Waals surface area contributed by atoms with Gasteiger partial charge in [0.15, 0.2) is 0 Å². The van der Waals surface area contributed by atoms with Gasteiger partial charge in [-0.3, -0.25) is 9.78 Å². The van der Waals surface area contributed by atoms with E-state index in [0.29, 0.717) is 17.9 Å². The number of benzene rings is 2. The number of hydrogen-bond acceptors (Lipinski definition) is 3. The van der Waals surface area contributed by atoms with Gasteiger partial charge in [0.25, 0.3) is 0 Å². The fourth-order valence-corrected chi connectivity index (χ4v) is 2.95. The van der Waals surface area contributed by atoms with Crippen molar-refractivity contribution >= 4 is 11.6 Å². The summed E-state index contributed by atoms with van der Waals surface area (Å²) in [7, 11) is 1.56. The number of halogens is 1. The molecule has 0 aliphatic heterocycles. The van der Waals surface area contributed by atoms with Crippen molar-refractivity contribution in [1.29, 1.82) is 0 Å². The molecule has 2 aromatic carbocycles. The van der Waals surface area contributed by atoms with Crippen LogP contribution in [0.4, 0.5) is 10.1 Å². The minimum atomic E-state index is -0.486. The van der Waals surface area contributed by atoms with Gasteiger partial charge in [0.05, 0.1) is 18.7 Å². The molecule has 0 radical (unpaired) electrons. The second-order valence-corrected chi connectivity index (χ2v) is 6.36. The Morgan fingerprint density at radius 2 is 1.96 bits per heavy atom. The second-order valence-electron chi connectivity index (χ2n) is 6.36. The van der Waals surface area contributed by atoms with Crippen LogP contribution in [0.15, 0.2) is 67.0 Å². The summed E-state index contributed by atoms with van der Waals surface area (Å²) in [6.45, 7) is 1.95. The van der Waals surface area contributed by atoms with E-state index in [4.69, 9.17) is 4.74 Å². The number of pyridine rings is 1. The number of nitrogens with one attached hydrogen (secondary N) is 1. The number of rotatable bonds is 6. The lowest BCUT2D eigenvalue weighted by molar-refractivity contribution is -0.117. The highest BCUT2D eigenvalue weighted by Gasteiger charge is 2.22. The maximum Gasteiger partial charge on any atom is 0.232 e. The van der Waals surface area contributed by atoms with Crippen molar-refractivity contribution in [2.45, 2.75) is 19.3 Å². The fourth-order valence-electron chi connectivity index (χ4n) is 2.95. The summed E-state index contributed by atoms with van der Waals surface area (Å²) in [5, 5.41) is 2.96. The molecule has 138 valence electrons. The molecule has 0 bridgehead atoms. The van der Waals surface area contributed by atoms with E-state index in [1.807, 2.05) is 37.3 Å². The number of ether oxygens (including phenoxy) is 1. The summed E-state index contributed by atoms with van der Waals surface area (Å²) < 4.78 is 18.7. The van der Waals surface area contributed by atoms with Crippen molar-refractivity contribution < 1.29 is 13.9 Å². The molecule has 27 heavy (non-hydrogen) atoms. The number of carbonyl (C=O) groups is 1. The summed E-state index contributed by atoms with van der Waals surface area (Å²) in [5.41, 5.74) is 3.29. The molecular formula is C22H21FN2O2. The van der Waals surface area contributed by atoms with Gasteiger partial charge in [-0.2, -0.15) is 0 Å². The smallest absolute Gasteiger partial charge is 0.232 e. The summed E-state index contributed by atoms with van der Waals surface area (Å²) in [6.07, 6.45) is 3.88. The molecule has 5 heteroatoms. The third-order valence-corrected chi connectivity index (χ3v) is 4.36. The van der Waals surface area contributed by atoms with Gasteiger partial charge in [0.1, 0.15) is 11.6 Å². The molecule has 1 aromatic heterocycles. The quantitative estimate of drug-likeness (QED) is 0.700.